The van der Waals surface area contributed by atoms with Gasteiger partial charge in [0, 0.05) is 6.04 Å². The van der Waals surface area contributed by atoms with E-state index in [0.29, 0.717) is 11.7 Å². The molecule has 0 aromatic carbocycles. The lowest BCUT2D eigenvalue weighted by Gasteiger charge is -2.06. The first-order valence-electron chi connectivity index (χ1n) is 3.22. The molecule has 0 aliphatic heterocycles. The maximum Gasteiger partial charge on any atom is 0.168 e. The van der Waals surface area contributed by atoms with Crippen molar-refractivity contribution in [2.45, 2.75) is 19.9 Å². The molecule has 1 aromatic heterocycles. The Bertz CT molecular complexity index is 227. The van der Waals surface area contributed by atoms with Crippen molar-refractivity contribution in [3.05, 3.63) is 18.2 Å². The van der Waals surface area contributed by atoms with Crippen molar-refractivity contribution < 1.29 is 4.79 Å². The number of hydrogen-bond donors (Lipinski definition) is 0. The fourth-order valence-electron chi connectivity index (χ4n) is 0.838. The van der Waals surface area contributed by atoms with E-state index >= 15 is 0 Å². The molecule has 3 heteroatoms. The highest BCUT2D eigenvalue weighted by Gasteiger charge is 2.01. The Morgan fingerprint density at radius 2 is 2.40 bits per heavy atom. The molecule has 0 bridgehead atoms. The molecule has 0 aliphatic rings. The molecule has 0 saturated carbocycles. The Morgan fingerprint density at radius 1 is 1.70 bits per heavy atom. The third-order valence-electron chi connectivity index (χ3n) is 1.37. The van der Waals surface area contributed by atoms with E-state index in [1.807, 2.05) is 18.4 Å². The van der Waals surface area contributed by atoms with Crippen molar-refractivity contribution in [1.29, 1.82) is 0 Å². The van der Waals surface area contributed by atoms with E-state index < -0.39 is 0 Å². The van der Waals surface area contributed by atoms with Gasteiger partial charge in [-0.25, -0.2) is 4.98 Å². The maximum absolute atomic E-state index is 10.3. The van der Waals surface area contributed by atoms with Crippen molar-refractivity contribution in [2.75, 3.05) is 0 Å². The number of nitrogens with zero attached hydrogens (tertiary/aromatic N) is 2. The smallest absolute Gasteiger partial charge is 0.168 e. The monoisotopic (exact) mass is 138 g/mol. The van der Waals surface area contributed by atoms with Gasteiger partial charge < -0.3 is 4.57 Å². The molecule has 0 spiro atoms. The third-order valence-corrected chi connectivity index (χ3v) is 1.37. The van der Waals surface area contributed by atoms with Crippen LogP contribution in [0.5, 0.6) is 0 Å². The molecule has 0 N–H and O–H groups in total. The average molecular weight is 138 g/mol. The second-order valence-electron chi connectivity index (χ2n) is 2.44. The summed E-state index contributed by atoms with van der Waals surface area (Å²) in [6, 6.07) is 0.308. The van der Waals surface area contributed by atoms with Gasteiger partial charge in [-0.2, -0.15) is 0 Å². The molecule has 0 aliphatic carbocycles. The SMILES string of the molecule is CC(C)n1cncc1C=O. The van der Waals surface area contributed by atoms with Gasteiger partial charge in [0.2, 0.25) is 0 Å². The Labute approximate surface area is 59.7 Å². The fraction of sp³-hybridized carbons (Fsp3) is 0.429. The van der Waals surface area contributed by atoms with Crippen LogP contribution < -0.4 is 0 Å². The number of carbonyl (C=O) groups is 1. The van der Waals surface area contributed by atoms with Gasteiger partial charge in [-0.3, -0.25) is 4.79 Å². The molecule has 1 rings (SSSR count). The Balaban J connectivity index is 3.01. The van der Waals surface area contributed by atoms with Crippen molar-refractivity contribution in [2.24, 2.45) is 0 Å². The number of rotatable bonds is 2. The van der Waals surface area contributed by atoms with E-state index in [2.05, 4.69) is 4.98 Å². The van der Waals surface area contributed by atoms with E-state index in [9.17, 15) is 4.79 Å². The molecule has 3 nitrogen and oxygen atoms in total. The van der Waals surface area contributed by atoms with Crippen LogP contribution in [-0.4, -0.2) is 15.8 Å². The van der Waals surface area contributed by atoms with Crippen LogP contribution in [-0.2, 0) is 0 Å². The number of aromatic nitrogens is 2. The fourth-order valence-corrected chi connectivity index (χ4v) is 0.838. The van der Waals surface area contributed by atoms with Crippen LogP contribution >= 0.6 is 0 Å². The third kappa shape index (κ3) is 1.07. The zero-order valence-electron chi connectivity index (χ0n) is 6.11. The highest BCUT2D eigenvalue weighted by Crippen LogP contribution is 2.05. The number of carbonyl (C=O) groups excluding carboxylic acids is 1. The van der Waals surface area contributed by atoms with Crippen molar-refractivity contribution in [3.8, 4) is 0 Å². The molecule has 0 amide bonds. The van der Waals surface area contributed by atoms with Crippen LogP contribution in [0.15, 0.2) is 12.5 Å². The predicted octanol–water partition coefficient (Wildman–Crippen LogP) is 1.28. The number of aldehydes is 1. The highest BCUT2D eigenvalue weighted by atomic mass is 16.1. The molecular weight excluding hydrogens is 128 g/mol. The second kappa shape index (κ2) is 2.64. The van der Waals surface area contributed by atoms with Gasteiger partial charge in [0.25, 0.3) is 0 Å². The minimum Gasteiger partial charge on any atom is -0.326 e. The summed E-state index contributed by atoms with van der Waals surface area (Å²) in [7, 11) is 0. The molecule has 0 saturated heterocycles. The summed E-state index contributed by atoms with van der Waals surface area (Å²) >= 11 is 0. The van der Waals surface area contributed by atoms with Crippen LogP contribution in [0.1, 0.15) is 30.4 Å². The second-order valence-corrected chi connectivity index (χ2v) is 2.44. The molecule has 0 fully saturated rings. The van der Waals surface area contributed by atoms with Crippen LogP contribution in [0.2, 0.25) is 0 Å². The number of imidazole rings is 1. The predicted molar refractivity (Wildman–Crippen MR) is 38.0 cm³/mol. The van der Waals surface area contributed by atoms with E-state index in [4.69, 9.17) is 0 Å². The molecule has 10 heavy (non-hydrogen) atoms. The van der Waals surface area contributed by atoms with Gasteiger partial charge in [0.15, 0.2) is 6.29 Å². The normalized spacial score (nSPS) is 10.3. The minimum atomic E-state index is 0.308. The summed E-state index contributed by atoms with van der Waals surface area (Å²) in [5.41, 5.74) is 0.634. The zero-order valence-corrected chi connectivity index (χ0v) is 6.11. The lowest BCUT2D eigenvalue weighted by Crippen LogP contribution is -2.02. The average Bonchev–Trinajstić information content (AvgIpc) is 2.33. The largest absolute Gasteiger partial charge is 0.326 e. The quantitative estimate of drug-likeness (QED) is 0.577. The minimum absolute atomic E-state index is 0.308. The molecule has 0 atom stereocenters. The standard InChI is InChI=1S/C7H10N2O/c1-6(2)9-5-8-3-7(9)4-10/h3-6H,1-2H3. The van der Waals surface area contributed by atoms with E-state index in [-0.39, 0.29) is 0 Å². The molecule has 0 radical (unpaired) electrons. The van der Waals surface area contributed by atoms with Crippen molar-refractivity contribution >= 4 is 6.29 Å². The summed E-state index contributed by atoms with van der Waals surface area (Å²) in [4.78, 5) is 14.2. The zero-order chi connectivity index (χ0) is 7.56. The van der Waals surface area contributed by atoms with E-state index in [1.165, 1.54) is 0 Å². The summed E-state index contributed by atoms with van der Waals surface area (Å²) < 4.78 is 1.83. The van der Waals surface area contributed by atoms with Crippen LogP contribution in [0, 0.1) is 0 Å². The summed E-state index contributed by atoms with van der Waals surface area (Å²) in [6.07, 6.45) is 4.04. The van der Waals surface area contributed by atoms with Gasteiger partial charge in [-0.05, 0) is 13.8 Å². The van der Waals surface area contributed by atoms with Crippen molar-refractivity contribution in [3.63, 3.8) is 0 Å². The van der Waals surface area contributed by atoms with Crippen LogP contribution in [0.3, 0.4) is 0 Å². The highest BCUT2D eigenvalue weighted by molar-refractivity contribution is 5.71. The van der Waals surface area contributed by atoms with Gasteiger partial charge in [-0.15, -0.1) is 0 Å². The van der Waals surface area contributed by atoms with Gasteiger partial charge in [0.1, 0.15) is 5.69 Å². The number of hydrogen-bond acceptors (Lipinski definition) is 2. The summed E-state index contributed by atoms with van der Waals surface area (Å²) in [6.45, 7) is 4.02. The topological polar surface area (TPSA) is 34.9 Å². The van der Waals surface area contributed by atoms with Crippen LogP contribution in [0.25, 0.3) is 0 Å². The Hall–Kier alpha value is -1.12. The van der Waals surface area contributed by atoms with Crippen LogP contribution in [0.4, 0.5) is 0 Å². The van der Waals surface area contributed by atoms with E-state index in [1.54, 1.807) is 12.5 Å². The van der Waals surface area contributed by atoms with Crippen molar-refractivity contribution in [1.82, 2.24) is 9.55 Å². The Morgan fingerprint density at radius 3 is 2.80 bits per heavy atom. The summed E-state index contributed by atoms with van der Waals surface area (Å²) in [5.74, 6) is 0. The Kier molecular flexibility index (Phi) is 1.85. The van der Waals surface area contributed by atoms with Gasteiger partial charge in [-0.1, -0.05) is 0 Å². The molecule has 54 valence electrons. The lowest BCUT2D eigenvalue weighted by molar-refractivity contribution is 0.111. The molecule has 1 aromatic rings. The summed E-state index contributed by atoms with van der Waals surface area (Å²) in [5, 5.41) is 0. The van der Waals surface area contributed by atoms with Gasteiger partial charge >= 0.3 is 0 Å². The molecule has 1 heterocycles. The first kappa shape index (κ1) is 6.99. The maximum atomic E-state index is 10.3. The lowest BCUT2D eigenvalue weighted by atomic mass is 10.4. The molecule has 0 unspecified atom stereocenters. The molecular formula is C7H10N2O. The van der Waals surface area contributed by atoms with Gasteiger partial charge in [0.05, 0.1) is 12.5 Å². The first-order chi connectivity index (χ1) is 4.75. The first-order valence-corrected chi connectivity index (χ1v) is 3.22. The van der Waals surface area contributed by atoms with E-state index in [0.717, 1.165) is 6.29 Å².